The summed E-state index contributed by atoms with van der Waals surface area (Å²) in [5.74, 6) is 0.892. The smallest absolute Gasteiger partial charge is 0.238 e. The van der Waals surface area contributed by atoms with Gasteiger partial charge in [-0.3, -0.25) is 9.69 Å². The Morgan fingerprint density at radius 3 is 2.60 bits per heavy atom. The monoisotopic (exact) mass is 273 g/mol. The largest absolute Gasteiger partial charge is 0.497 e. The number of methoxy groups -OCH3 is 1. The van der Waals surface area contributed by atoms with Crippen molar-refractivity contribution in [2.45, 2.75) is 12.8 Å². The van der Waals surface area contributed by atoms with Gasteiger partial charge in [-0.05, 0) is 50.2 Å². The van der Waals surface area contributed by atoms with E-state index in [1.54, 1.807) is 7.11 Å². The zero-order valence-electron chi connectivity index (χ0n) is 11.6. The highest BCUT2D eigenvalue weighted by molar-refractivity contribution is 5.92. The molecule has 2 rings (SSSR count). The molecule has 1 fully saturated rings. The fourth-order valence-corrected chi connectivity index (χ4v) is 2.30. The standard InChI is InChI=1S/C15H19N3O2/c1-20-14-4-2-13(3-5-14)17-15(19)11-18-8-6-12(10-16)7-9-18/h2-5,12H,6-9,11H2,1H3,(H,17,19). The predicted octanol–water partition coefficient (Wildman–Crippen LogP) is 1.87. The summed E-state index contributed by atoms with van der Waals surface area (Å²) >= 11 is 0. The first kappa shape index (κ1) is 14.4. The average molecular weight is 273 g/mol. The third kappa shape index (κ3) is 3.97. The van der Waals surface area contributed by atoms with Gasteiger partial charge in [0.1, 0.15) is 5.75 Å². The third-order valence-electron chi connectivity index (χ3n) is 3.51. The minimum atomic E-state index is -0.0226. The van der Waals surface area contributed by atoms with E-state index in [9.17, 15) is 4.79 Å². The number of ether oxygens (including phenoxy) is 1. The van der Waals surface area contributed by atoms with Gasteiger partial charge < -0.3 is 10.1 Å². The van der Waals surface area contributed by atoms with Crippen molar-refractivity contribution >= 4 is 11.6 Å². The number of nitriles is 1. The number of nitrogens with one attached hydrogen (secondary N) is 1. The van der Waals surface area contributed by atoms with E-state index < -0.39 is 0 Å². The summed E-state index contributed by atoms with van der Waals surface area (Å²) < 4.78 is 5.07. The van der Waals surface area contributed by atoms with Gasteiger partial charge >= 0.3 is 0 Å². The van der Waals surface area contributed by atoms with Crippen LogP contribution in [0.2, 0.25) is 0 Å². The van der Waals surface area contributed by atoms with E-state index in [-0.39, 0.29) is 11.8 Å². The van der Waals surface area contributed by atoms with Crippen LogP contribution >= 0.6 is 0 Å². The number of likely N-dealkylation sites (tertiary alicyclic amines) is 1. The van der Waals surface area contributed by atoms with Gasteiger partial charge in [0.2, 0.25) is 5.91 Å². The SMILES string of the molecule is COc1ccc(NC(=O)CN2CCC(C#N)CC2)cc1. The fourth-order valence-electron chi connectivity index (χ4n) is 2.30. The average Bonchev–Trinajstić information content (AvgIpc) is 2.49. The molecule has 0 aromatic heterocycles. The van der Waals surface area contributed by atoms with Crippen LogP contribution in [0.4, 0.5) is 5.69 Å². The number of nitrogens with zero attached hydrogens (tertiary/aromatic N) is 2. The fraction of sp³-hybridized carbons (Fsp3) is 0.467. The molecule has 1 aliphatic rings. The Hall–Kier alpha value is -2.06. The Morgan fingerprint density at radius 1 is 1.40 bits per heavy atom. The van der Waals surface area contributed by atoms with Gasteiger partial charge in [-0.2, -0.15) is 5.26 Å². The molecule has 1 heterocycles. The number of anilines is 1. The molecular formula is C15H19N3O2. The molecule has 1 aromatic rings. The van der Waals surface area contributed by atoms with E-state index in [4.69, 9.17) is 10.00 Å². The molecule has 20 heavy (non-hydrogen) atoms. The lowest BCUT2D eigenvalue weighted by molar-refractivity contribution is -0.117. The number of rotatable bonds is 4. The van der Waals surface area contributed by atoms with Crippen molar-refractivity contribution in [3.8, 4) is 11.8 Å². The summed E-state index contributed by atoms with van der Waals surface area (Å²) in [5, 5.41) is 11.7. The number of benzene rings is 1. The molecule has 0 saturated carbocycles. The molecule has 0 spiro atoms. The van der Waals surface area contributed by atoms with Crippen molar-refractivity contribution in [3.63, 3.8) is 0 Å². The highest BCUT2D eigenvalue weighted by atomic mass is 16.5. The third-order valence-corrected chi connectivity index (χ3v) is 3.51. The molecule has 5 nitrogen and oxygen atoms in total. The van der Waals surface area contributed by atoms with Crippen molar-refractivity contribution in [2.75, 3.05) is 32.1 Å². The second-order valence-electron chi connectivity index (χ2n) is 4.96. The van der Waals surface area contributed by atoms with Crippen LogP contribution < -0.4 is 10.1 Å². The number of carbonyl (C=O) groups excluding carboxylic acids is 1. The van der Waals surface area contributed by atoms with E-state index >= 15 is 0 Å². The molecule has 1 saturated heterocycles. The van der Waals surface area contributed by atoms with Gasteiger partial charge in [0.15, 0.2) is 0 Å². The Balaban J connectivity index is 1.79. The maximum Gasteiger partial charge on any atom is 0.238 e. The molecule has 1 aliphatic heterocycles. The highest BCUT2D eigenvalue weighted by Gasteiger charge is 2.20. The van der Waals surface area contributed by atoms with Gasteiger partial charge in [0.05, 0.1) is 19.7 Å². The second kappa shape index (κ2) is 6.92. The van der Waals surface area contributed by atoms with E-state index in [0.717, 1.165) is 37.4 Å². The van der Waals surface area contributed by atoms with E-state index in [0.29, 0.717) is 6.54 Å². The maximum atomic E-state index is 11.9. The van der Waals surface area contributed by atoms with Crippen LogP contribution in [0.15, 0.2) is 24.3 Å². The number of carbonyl (C=O) groups is 1. The van der Waals surface area contributed by atoms with Crippen molar-refractivity contribution in [2.24, 2.45) is 5.92 Å². The summed E-state index contributed by atoms with van der Waals surface area (Å²) in [5.41, 5.74) is 0.766. The van der Waals surface area contributed by atoms with Gasteiger partial charge in [0.25, 0.3) is 0 Å². The van der Waals surface area contributed by atoms with Crippen LogP contribution in [0, 0.1) is 17.2 Å². The molecule has 1 N–H and O–H groups in total. The zero-order valence-corrected chi connectivity index (χ0v) is 11.6. The lowest BCUT2D eigenvalue weighted by Crippen LogP contribution is -2.39. The summed E-state index contributed by atoms with van der Waals surface area (Å²) in [4.78, 5) is 14.0. The van der Waals surface area contributed by atoms with Gasteiger partial charge in [0, 0.05) is 11.6 Å². The molecule has 1 aromatic carbocycles. The van der Waals surface area contributed by atoms with Crippen LogP contribution in [0.1, 0.15) is 12.8 Å². The molecule has 0 atom stereocenters. The highest BCUT2D eigenvalue weighted by Crippen LogP contribution is 2.17. The molecule has 0 radical (unpaired) electrons. The van der Waals surface area contributed by atoms with E-state index in [1.165, 1.54) is 0 Å². The second-order valence-corrected chi connectivity index (χ2v) is 4.96. The first-order chi connectivity index (χ1) is 9.71. The number of hydrogen-bond acceptors (Lipinski definition) is 4. The first-order valence-electron chi connectivity index (χ1n) is 6.77. The molecule has 106 valence electrons. The van der Waals surface area contributed by atoms with Gasteiger partial charge in [-0.1, -0.05) is 0 Å². The molecular weight excluding hydrogens is 254 g/mol. The van der Waals surface area contributed by atoms with Crippen molar-refractivity contribution in [3.05, 3.63) is 24.3 Å². The summed E-state index contributed by atoms with van der Waals surface area (Å²) in [7, 11) is 1.61. The van der Waals surface area contributed by atoms with E-state index in [1.807, 2.05) is 24.3 Å². The first-order valence-corrected chi connectivity index (χ1v) is 6.77. The summed E-state index contributed by atoms with van der Waals surface area (Å²) in [6.45, 7) is 2.01. The van der Waals surface area contributed by atoms with Crippen molar-refractivity contribution in [1.29, 1.82) is 5.26 Å². The van der Waals surface area contributed by atoms with Gasteiger partial charge in [-0.25, -0.2) is 0 Å². The molecule has 5 heteroatoms. The van der Waals surface area contributed by atoms with Crippen molar-refractivity contribution in [1.82, 2.24) is 4.90 Å². The Kier molecular flexibility index (Phi) is 4.97. The van der Waals surface area contributed by atoms with Crippen LogP contribution in [-0.2, 0) is 4.79 Å². The Bertz CT molecular complexity index is 485. The molecule has 0 unspecified atom stereocenters. The zero-order chi connectivity index (χ0) is 14.4. The maximum absolute atomic E-state index is 11.9. The Labute approximate surface area is 119 Å². The molecule has 0 aliphatic carbocycles. The minimum Gasteiger partial charge on any atom is -0.497 e. The predicted molar refractivity (Wildman–Crippen MR) is 76.4 cm³/mol. The topological polar surface area (TPSA) is 65.4 Å². The number of amides is 1. The van der Waals surface area contributed by atoms with Crippen LogP contribution in [0.5, 0.6) is 5.75 Å². The van der Waals surface area contributed by atoms with E-state index in [2.05, 4.69) is 16.3 Å². The summed E-state index contributed by atoms with van der Waals surface area (Å²) in [6, 6.07) is 9.55. The number of piperidine rings is 1. The van der Waals surface area contributed by atoms with Crippen molar-refractivity contribution < 1.29 is 9.53 Å². The minimum absolute atomic E-state index is 0.0226. The van der Waals surface area contributed by atoms with Crippen LogP contribution in [0.3, 0.4) is 0 Å². The van der Waals surface area contributed by atoms with Crippen LogP contribution in [0.25, 0.3) is 0 Å². The van der Waals surface area contributed by atoms with Gasteiger partial charge in [-0.15, -0.1) is 0 Å². The molecule has 1 amide bonds. The normalized spacial score (nSPS) is 16.4. The lowest BCUT2D eigenvalue weighted by Gasteiger charge is -2.28. The van der Waals surface area contributed by atoms with Crippen LogP contribution in [-0.4, -0.2) is 37.6 Å². The quantitative estimate of drug-likeness (QED) is 0.909. The molecule has 0 bridgehead atoms. The number of hydrogen-bond donors (Lipinski definition) is 1. The Morgan fingerprint density at radius 2 is 2.05 bits per heavy atom. The summed E-state index contributed by atoms with van der Waals surface area (Å²) in [6.07, 6.45) is 1.71. The lowest BCUT2D eigenvalue weighted by atomic mass is 9.99.